The van der Waals surface area contributed by atoms with E-state index in [9.17, 15) is 19.2 Å². The first-order chi connectivity index (χ1) is 16.8. The average molecular weight is 483 g/mol. The van der Waals surface area contributed by atoms with Crippen molar-refractivity contribution in [3.05, 3.63) is 71.3 Å². The van der Waals surface area contributed by atoms with Crippen molar-refractivity contribution in [2.45, 2.75) is 52.0 Å². The summed E-state index contributed by atoms with van der Waals surface area (Å²) in [6, 6.07) is 15.2. The summed E-state index contributed by atoms with van der Waals surface area (Å²) in [6.45, 7) is 3.85. The molecule has 0 aliphatic rings. The van der Waals surface area contributed by atoms with E-state index in [1.807, 2.05) is 44.2 Å². The number of ether oxygens (including phenoxy) is 1. The van der Waals surface area contributed by atoms with Crippen LogP contribution in [-0.2, 0) is 20.7 Å². The van der Waals surface area contributed by atoms with E-state index in [0.717, 1.165) is 12.0 Å². The van der Waals surface area contributed by atoms with Gasteiger partial charge < -0.3 is 10.1 Å². The normalized spacial score (nSPS) is 12.5. The van der Waals surface area contributed by atoms with Gasteiger partial charge in [0.25, 0.3) is 0 Å². The van der Waals surface area contributed by atoms with Crippen LogP contribution in [0.5, 0.6) is 0 Å². The zero-order chi connectivity index (χ0) is 25.8. The number of aryl methyl sites for hydroxylation is 1. The highest BCUT2D eigenvalue weighted by atomic mass is 16.5. The maximum atomic E-state index is 13.4. The van der Waals surface area contributed by atoms with E-state index in [0.29, 0.717) is 19.3 Å². The molecule has 2 rings (SSSR count). The minimum absolute atomic E-state index is 0.0757. The number of benzene rings is 2. The van der Waals surface area contributed by atoms with E-state index in [4.69, 9.17) is 9.94 Å². The maximum Gasteiger partial charge on any atom is 0.338 e. The van der Waals surface area contributed by atoms with Gasteiger partial charge in [0.15, 0.2) is 5.78 Å². The lowest BCUT2D eigenvalue weighted by Crippen LogP contribution is -2.45. The lowest BCUT2D eigenvalue weighted by atomic mass is 9.91. The third kappa shape index (κ3) is 8.64. The van der Waals surface area contributed by atoms with E-state index in [2.05, 4.69) is 5.32 Å². The molecule has 0 bridgehead atoms. The highest BCUT2D eigenvalue weighted by molar-refractivity contribution is 6.09. The van der Waals surface area contributed by atoms with Gasteiger partial charge in [0.05, 0.1) is 18.7 Å². The number of nitrogens with one attached hydrogen (secondary N) is 2. The van der Waals surface area contributed by atoms with E-state index in [1.54, 1.807) is 17.6 Å². The Kier molecular flexibility index (Phi) is 11.1. The van der Waals surface area contributed by atoms with Crippen molar-refractivity contribution in [3.8, 4) is 0 Å². The first-order valence-electron chi connectivity index (χ1n) is 11.8. The summed E-state index contributed by atoms with van der Waals surface area (Å²) in [7, 11) is 1.24. The molecule has 2 aromatic carbocycles. The second-order valence-electron chi connectivity index (χ2n) is 8.91. The smallest absolute Gasteiger partial charge is 0.338 e. The van der Waals surface area contributed by atoms with E-state index in [-0.39, 0.29) is 23.5 Å². The molecule has 8 heteroatoms. The molecule has 0 spiro atoms. The van der Waals surface area contributed by atoms with Crippen LogP contribution in [0.2, 0.25) is 0 Å². The van der Waals surface area contributed by atoms with Crippen LogP contribution in [0.1, 0.15) is 65.8 Å². The first kappa shape index (κ1) is 27.7. The summed E-state index contributed by atoms with van der Waals surface area (Å²) in [5.74, 6) is -2.82. The Bertz CT molecular complexity index is 1010. The van der Waals surface area contributed by atoms with Gasteiger partial charge in [0, 0.05) is 17.9 Å². The lowest BCUT2D eigenvalue weighted by Gasteiger charge is -2.24. The Hall–Kier alpha value is -3.52. The van der Waals surface area contributed by atoms with Gasteiger partial charge >= 0.3 is 5.97 Å². The summed E-state index contributed by atoms with van der Waals surface area (Å²) in [4.78, 5) is 50.7. The fraction of sp³-hybridized carbons (Fsp3) is 0.407. The molecule has 2 amide bonds. The number of esters is 1. The van der Waals surface area contributed by atoms with Crippen molar-refractivity contribution in [1.82, 2.24) is 10.8 Å². The molecule has 0 radical (unpaired) electrons. The molecule has 0 aliphatic carbocycles. The van der Waals surface area contributed by atoms with Crippen LogP contribution in [0, 0.1) is 11.8 Å². The second kappa shape index (κ2) is 14.0. The summed E-state index contributed by atoms with van der Waals surface area (Å²) in [5, 5.41) is 11.8. The van der Waals surface area contributed by atoms with E-state index < -0.39 is 35.5 Å². The Morgan fingerprint density at radius 1 is 0.943 bits per heavy atom. The van der Waals surface area contributed by atoms with Crippen LogP contribution < -0.4 is 10.8 Å². The topological polar surface area (TPSA) is 122 Å². The van der Waals surface area contributed by atoms with Gasteiger partial charge in [-0.3, -0.25) is 19.6 Å². The molecule has 2 aromatic rings. The Morgan fingerprint density at radius 3 is 2.17 bits per heavy atom. The Balaban J connectivity index is 2.20. The Labute approximate surface area is 206 Å². The van der Waals surface area contributed by atoms with Crippen LogP contribution >= 0.6 is 0 Å². The van der Waals surface area contributed by atoms with Crippen molar-refractivity contribution < 1.29 is 29.1 Å². The molecular weight excluding hydrogens is 448 g/mol. The summed E-state index contributed by atoms with van der Waals surface area (Å²) >= 11 is 0. The molecule has 0 aliphatic heterocycles. The number of methoxy groups -OCH3 is 1. The van der Waals surface area contributed by atoms with Crippen LogP contribution in [0.15, 0.2) is 54.6 Å². The molecule has 2 unspecified atom stereocenters. The van der Waals surface area contributed by atoms with Gasteiger partial charge in [0.1, 0.15) is 0 Å². The number of ketones is 1. The van der Waals surface area contributed by atoms with Crippen molar-refractivity contribution in [2.75, 3.05) is 7.11 Å². The zero-order valence-corrected chi connectivity index (χ0v) is 20.5. The van der Waals surface area contributed by atoms with Crippen LogP contribution in [0.4, 0.5) is 0 Å². The number of rotatable bonds is 13. The standard InChI is InChI=1S/C27H34N2O6/c1-18(2)16-23(25(31)21-14-7-8-15-22(21)27(33)35-3)28-26(32)20(17-24(30)29-34)13-9-12-19-10-5-4-6-11-19/h4-8,10-11,14-15,18,20,23,34H,9,12-13,16-17H2,1-3H3,(H,28,32)(H,29,30). The van der Waals surface area contributed by atoms with Crippen molar-refractivity contribution in [1.29, 1.82) is 0 Å². The van der Waals surface area contributed by atoms with E-state index in [1.165, 1.54) is 19.2 Å². The number of hydroxylamine groups is 1. The minimum atomic E-state index is -0.887. The van der Waals surface area contributed by atoms with E-state index >= 15 is 0 Å². The number of carbonyl (C=O) groups excluding carboxylic acids is 4. The van der Waals surface area contributed by atoms with Gasteiger partial charge in [-0.1, -0.05) is 62.4 Å². The molecule has 0 saturated heterocycles. The number of hydrogen-bond donors (Lipinski definition) is 3. The molecular formula is C27H34N2O6. The van der Waals surface area contributed by atoms with Crippen LogP contribution in [-0.4, -0.2) is 41.9 Å². The predicted octanol–water partition coefficient (Wildman–Crippen LogP) is 3.72. The molecule has 0 saturated carbocycles. The highest BCUT2D eigenvalue weighted by Gasteiger charge is 2.30. The zero-order valence-electron chi connectivity index (χ0n) is 20.5. The van der Waals surface area contributed by atoms with Crippen LogP contribution in [0.25, 0.3) is 0 Å². The molecule has 3 N–H and O–H groups in total. The minimum Gasteiger partial charge on any atom is -0.465 e. The fourth-order valence-electron chi connectivity index (χ4n) is 3.96. The van der Waals surface area contributed by atoms with Gasteiger partial charge in [0.2, 0.25) is 11.8 Å². The largest absolute Gasteiger partial charge is 0.465 e. The fourth-order valence-corrected chi connectivity index (χ4v) is 3.96. The number of Topliss-reactive ketones (excluding diaryl/α,β-unsaturated/α-hetero) is 1. The van der Waals surface area contributed by atoms with Crippen molar-refractivity contribution >= 4 is 23.6 Å². The first-order valence-corrected chi connectivity index (χ1v) is 11.8. The quantitative estimate of drug-likeness (QED) is 0.173. The lowest BCUT2D eigenvalue weighted by molar-refractivity contribution is -0.135. The molecule has 35 heavy (non-hydrogen) atoms. The highest BCUT2D eigenvalue weighted by Crippen LogP contribution is 2.19. The van der Waals surface area contributed by atoms with Gasteiger partial charge in [-0.15, -0.1) is 0 Å². The molecule has 0 fully saturated rings. The maximum absolute atomic E-state index is 13.4. The molecule has 0 heterocycles. The van der Waals surface area contributed by atoms with Crippen molar-refractivity contribution in [2.24, 2.45) is 11.8 Å². The monoisotopic (exact) mass is 482 g/mol. The number of amides is 2. The summed E-state index contributed by atoms with van der Waals surface area (Å²) < 4.78 is 4.80. The van der Waals surface area contributed by atoms with Gasteiger partial charge in [-0.25, -0.2) is 10.3 Å². The summed E-state index contributed by atoms with van der Waals surface area (Å²) in [5.41, 5.74) is 2.99. The second-order valence-corrected chi connectivity index (χ2v) is 8.91. The third-order valence-electron chi connectivity index (χ3n) is 5.73. The Morgan fingerprint density at radius 2 is 1.57 bits per heavy atom. The summed E-state index contributed by atoms with van der Waals surface area (Å²) in [6.07, 6.45) is 1.91. The predicted molar refractivity (Wildman–Crippen MR) is 131 cm³/mol. The number of carbonyl (C=O) groups is 4. The number of hydrogen-bond acceptors (Lipinski definition) is 6. The third-order valence-corrected chi connectivity index (χ3v) is 5.73. The molecule has 188 valence electrons. The molecule has 8 nitrogen and oxygen atoms in total. The van der Waals surface area contributed by atoms with Gasteiger partial charge in [-0.05, 0) is 43.2 Å². The van der Waals surface area contributed by atoms with Gasteiger partial charge in [-0.2, -0.15) is 0 Å². The van der Waals surface area contributed by atoms with Crippen molar-refractivity contribution in [3.63, 3.8) is 0 Å². The molecule has 2 atom stereocenters. The molecule has 0 aromatic heterocycles. The SMILES string of the molecule is COC(=O)c1ccccc1C(=O)C(CC(C)C)NC(=O)C(CCCc1ccccc1)CC(=O)NO. The average Bonchev–Trinajstić information content (AvgIpc) is 2.86. The van der Waals surface area contributed by atoms with Crippen LogP contribution in [0.3, 0.4) is 0 Å².